The Hall–Kier alpha value is -1.49. The molecular formula is C11H7ClF3NO. The van der Waals surface area contributed by atoms with Crippen molar-refractivity contribution in [3.05, 3.63) is 44.7 Å². The normalized spacial score (nSPS) is 12.1. The van der Waals surface area contributed by atoms with Gasteiger partial charge in [-0.25, -0.2) is 0 Å². The van der Waals surface area contributed by atoms with Crippen LogP contribution < -0.4 is 5.43 Å². The monoisotopic (exact) mass is 261 g/mol. The molecule has 0 bridgehead atoms. The second kappa shape index (κ2) is 3.77. The van der Waals surface area contributed by atoms with Crippen molar-refractivity contribution in [1.82, 2.24) is 4.98 Å². The van der Waals surface area contributed by atoms with Gasteiger partial charge in [-0.2, -0.15) is 13.2 Å². The first kappa shape index (κ1) is 12.0. The molecule has 0 spiro atoms. The van der Waals surface area contributed by atoms with Crippen LogP contribution in [0.3, 0.4) is 0 Å². The summed E-state index contributed by atoms with van der Waals surface area (Å²) in [5, 5.41) is -0.146. The van der Waals surface area contributed by atoms with Gasteiger partial charge >= 0.3 is 6.18 Å². The molecule has 1 N–H and O–H groups in total. The molecule has 1 heterocycles. The molecule has 2 nitrogen and oxygen atoms in total. The number of aromatic amines is 1. The summed E-state index contributed by atoms with van der Waals surface area (Å²) in [5.41, 5.74) is -0.687. The maximum absolute atomic E-state index is 12.5. The van der Waals surface area contributed by atoms with Gasteiger partial charge in [-0.1, -0.05) is 11.6 Å². The van der Waals surface area contributed by atoms with Crippen LogP contribution in [0.4, 0.5) is 13.2 Å². The summed E-state index contributed by atoms with van der Waals surface area (Å²) in [6, 6.07) is 2.95. The number of hydrogen-bond donors (Lipinski definition) is 1. The van der Waals surface area contributed by atoms with Crippen molar-refractivity contribution in [2.24, 2.45) is 0 Å². The highest BCUT2D eigenvalue weighted by atomic mass is 35.5. The van der Waals surface area contributed by atoms with E-state index in [1.807, 2.05) is 0 Å². The lowest BCUT2D eigenvalue weighted by molar-refractivity contribution is -0.137. The van der Waals surface area contributed by atoms with Crippen molar-refractivity contribution in [2.75, 3.05) is 0 Å². The molecule has 0 aliphatic heterocycles. The number of hydrogen-bond acceptors (Lipinski definition) is 1. The molecule has 0 aliphatic carbocycles. The number of pyridine rings is 1. The van der Waals surface area contributed by atoms with Crippen molar-refractivity contribution in [3.63, 3.8) is 0 Å². The zero-order valence-electron chi connectivity index (χ0n) is 8.65. The van der Waals surface area contributed by atoms with Gasteiger partial charge in [0, 0.05) is 16.6 Å². The third-order valence-electron chi connectivity index (χ3n) is 2.44. The number of rotatable bonds is 0. The van der Waals surface area contributed by atoms with E-state index in [-0.39, 0.29) is 10.4 Å². The zero-order chi connectivity index (χ0) is 12.8. The van der Waals surface area contributed by atoms with Crippen molar-refractivity contribution in [2.45, 2.75) is 13.1 Å². The van der Waals surface area contributed by atoms with Crippen LogP contribution in [-0.2, 0) is 6.18 Å². The maximum Gasteiger partial charge on any atom is 0.416 e. The summed E-state index contributed by atoms with van der Waals surface area (Å²) in [6.07, 6.45) is -4.47. The molecule has 0 atom stereocenters. The number of fused-ring (bicyclic) bond motifs is 1. The number of benzene rings is 1. The summed E-state index contributed by atoms with van der Waals surface area (Å²) in [7, 11) is 0. The molecule has 1 aromatic heterocycles. The minimum absolute atomic E-state index is 0.0598. The fourth-order valence-electron chi connectivity index (χ4n) is 1.56. The summed E-state index contributed by atoms with van der Waals surface area (Å²) >= 11 is 5.70. The fourth-order valence-corrected chi connectivity index (χ4v) is 1.71. The van der Waals surface area contributed by atoms with E-state index in [4.69, 9.17) is 11.6 Å². The molecule has 6 heteroatoms. The summed E-state index contributed by atoms with van der Waals surface area (Å²) in [6.45, 7) is 1.58. The average molecular weight is 262 g/mol. The molecule has 0 aliphatic rings. The van der Waals surface area contributed by atoms with Gasteiger partial charge in [-0.05, 0) is 25.1 Å². The van der Waals surface area contributed by atoms with Crippen molar-refractivity contribution in [1.29, 1.82) is 0 Å². The van der Waals surface area contributed by atoms with Gasteiger partial charge in [0.2, 0.25) is 5.43 Å². The number of alkyl halides is 3. The fraction of sp³-hybridized carbons (Fsp3) is 0.182. The van der Waals surface area contributed by atoms with Gasteiger partial charge < -0.3 is 4.98 Å². The van der Waals surface area contributed by atoms with E-state index in [1.165, 1.54) is 6.07 Å². The van der Waals surface area contributed by atoms with Crippen molar-refractivity contribution in [3.8, 4) is 0 Å². The quantitative estimate of drug-likeness (QED) is 0.773. The highest BCUT2D eigenvalue weighted by molar-refractivity contribution is 6.31. The second-order valence-electron chi connectivity index (χ2n) is 3.65. The molecular weight excluding hydrogens is 255 g/mol. The third-order valence-corrected chi connectivity index (χ3v) is 2.90. The first-order valence-corrected chi connectivity index (χ1v) is 5.08. The summed E-state index contributed by atoms with van der Waals surface area (Å²) in [4.78, 5) is 14.5. The highest BCUT2D eigenvalue weighted by Crippen LogP contribution is 2.30. The number of H-pyrrole nitrogens is 1. The van der Waals surface area contributed by atoms with E-state index in [0.29, 0.717) is 11.2 Å². The highest BCUT2D eigenvalue weighted by Gasteiger charge is 2.30. The minimum Gasteiger partial charge on any atom is -0.357 e. The van der Waals surface area contributed by atoms with Crippen LogP contribution in [0.5, 0.6) is 0 Å². The Morgan fingerprint density at radius 3 is 2.53 bits per heavy atom. The van der Waals surface area contributed by atoms with Crippen LogP contribution >= 0.6 is 11.6 Å². The Morgan fingerprint density at radius 2 is 1.94 bits per heavy atom. The van der Waals surface area contributed by atoms with Gasteiger partial charge in [0.05, 0.1) is 5.56 Å². The number of nitrogens with one attached hydrogen (secondary N) is 1. The lowest BCUT2D eigenvalue weighted by Gasteiger charge is -2.08. The molecule has 0 amide bonds. The predicted molar refractivity (Wildman–Crippen MR) is 59.3 cm³/mol. The molecule has 0 radical (unpaired) electrons. The molecule has 1 aromatic carbocycles. The van der Waals surface area contributed by atoms with Gasteiger partial charge in [0.15, 0.2) is 0 Å². The minimum atomic E-state index is -4.47. The van der Waals surface area contributed by atoms with E-state index in [1.54, 1.807) is 6.92 Å². The Balaban J connectivity index is 2.83. The molecule has 17 heavy (non-hydrogen) atoms. The smallest absolute Gasteiger partial charge is 0.357 e. The van der Waals surface area contributed by atoms with E-state index in [2.05, 4.69) is 4.98 Å². The van der Waals surface area contributed by atoms with Crippen LogP contribution in [0.2, 0.25) is 5.02 Å². The average Bonchev–Trinajstić information content (AvgIpc) is 2.24. The third kappa shape index (κ3) is 2.02. The zero-order valence-corrected chi connectivity index (χ0v) is 9.41. The molecule has 0 saturated carbocycles. The SMILES string of the molecule is Cc1[nH]c2ccc(C(F)(F)F)cc2c(=O)c1Cl. The molecule has 0 fully saturated rings. The number of aryl methyl sites for hydroxylation is 1. The van der Waals surface area contributed by atoms with E-state index < -0.39 is 17.2 Å². The Kier molecular flexibility index (Phi) is 2.66. The van der Waals surface area contributed by atoms with Crippen LogP contribution in [0, 0.1) is 6.92 Å². The molecule has 2 rings (SSSR count). The largest absolute Gasteiger partial charge is 0.416 e. The van der Waals surface area contributed by atoms with Crippen LogP contribution in [0.1, 0.15) is 11.3 Å². The Bertz CT molecular complexity index is 645. The lowest BCUT2D eigenvalue weighted by atomic mass is 10.1. The van der Waals surface area contributed by atoms with Crippen LogP contribution in [0.15, 0.2) is 23.0 Å². The Labute approximate surface area is 99.0 Å². The molecule has 90 valence electrons. The van der Waals surface area contributed by atoms with Gasteiger partial charge in [-0.15, -0.1) is 0 Å². The van der Waals surface area contributed by atoms with E-state index in [0.717, 1.165) is 12.1 Å². The predicted octanol–water partition coefficient (Wildman–Crippen LogP) is 3.51. The van der Waals surface area contributed by atoms with E-state index in [9.17, 15) is 18.0 Å². The summed E-state index contributed by atoms with van der Waals surface area (Å²) < 4.78 is 37.4. The first-order chi connectivity index (χ1) is 7.80. The standard InChI is InChI=1S/C11H7ClF3NO/c1-5-9(12)10(17)7-4-6(11(13,14)15)2-3-8(7)16-5/h2-4H,1H3,(H,16,17). The molecule has 0 saturated heterocycles. The van der Waals surface area contributed by atoms with Crippen molar-refractivity contribution >= 4 is 22.5 Å². The number of aromatic nitrogens is 1. The number of halogens is 4. The van der Waals surface area contributed by atoms with Gasteiger partial charge in [0.1, 0.15) is 5.02 Å². The Morgan fingerprint density at radius 1 is 1.29 bits per heavy atom. The van der Waals surface area contributed by atoms with Gasteiger partial charge in [-0.3, -0.25) is 4.79 Å². The maximum atomic E-state index is 12.5. The molecule has 2 aromatic rings. The van der Waals surface area contributed by atoms with E-state index >= 15 is 0 Å². The van der Waals surface area contributed by atoms with Crippen molar-refractivity contribution < 1.29 is 13.2 Å². The summed E-state index contributed by atoms with van der Waals surface area (Å²) in [5.74, 6) is 0. The first-order valence-electron chi connectivity index (χ1n) is 4.70. The topological polar surface area (TPSA) is 32.9 Å². The second-order valence-corrected chi connectivity index (χ2v) is 4.03. The molecule has 0 unspecified atom stereocenters. The van der Waals surface area contributed by atoms with Gasteiger partial charge in [0.25, 0.3) is 0 Å². The van der Waals surface area contributed by atoms with Crippen LogP contribution in [-0.4, -0.2) is 4.98 Å². The lowest BCUT2D eigenvalue weighted by Crippen LogP contribution is -2.10. The van der Waals surface area contributed by atoms with Crippen LogP contribution in [0.25, 0.3) is 10.9 Å².